The summed E-state index contributed by atoms with van der Waals surface area (Å²) in [7, 11) is 0. The first kappa shape index (κ1) is 19.2. The van der Waals surface area contributed by atoms with Crippen LogP contribution in [0.25, 0.3) is 11.1 Å². The fraction of sp³-hybridized carbons (Fsp3) is 0. The van der Waals surface area contributed by atoms with Gasteiger partial charge in [-0.3, -0.25) is 9.59 Å². The lowest BCUT2D eigenvalue weighted by Crippen LogP contribution is -2.18. The molecular weight excluding hydrogens is 372 g/mol. The molecule has 0 aliphatic carbocycles. The van der Waals surface area contributed by atoms with E-state index in [0.717, 1.165) is 11.1 Å². The zero-order valence-corrected chi connectivity index (χ0v) is 16.2. The predicted octanol–water partition coefficient (Wildman–Crippen LogP) is 5.86. The standard InChI is InChI=1S/C26H20N2O2/c29-25(22-16-8-7-15-21(22)19-11-3-1-4-12-19)28-24-18-10-9-17-23(24)26(30)27-20-13-5-2-6-14-20/h1-18H,(H,27,30)(H,28,29). The molecule has 2 amide bonds. The third-order valence-electron chi connectivity index (χ3n) is 4.71. The van der Waals surface area contributed by atoms with Crippen molar-refractivity contribution in [2.24, 2.45) is 0 Å². The van der Waals surface area contributed by atoms with Crippen molar-refractivity contribution in [3.8, 4) is 11.1 Å². The highest BCUT2D eigenvalue weighted by Gasteiger charge is 2.16. The molecule has 4 nitrogen and oxygen atoms in total. The molecule has 4 rings (SSSR count). The van der Waals surface area contributed by atoms with Gasteiger partial charge in [-0.05, 0) is 41.5 Å². The van der Waals surface area contributed by atoms with Crippen LogP contribution in [0.15, 0.2) is 109 Å². The van der Waals surface area contributed by atoms with Crippen LogP contribution in [-0.2, 0) is 0 Å². The number of benzene rings is 4. The van der Waals surface area contributed by atoms with Crippen molar-refractivity contribution < 1.29 is 9.59 Å². The number of rotatable bonds is 5. The third-order valence-corrected chi connectivity index (χ3v) is 4.71. The van der Waals surface area contributed by atoms with Crippen molar-refractivity contribution in [1.29, 1.82) is 0 Å². The predicted molar refractivity (Wildman–Crippen MR) is 121 cm³/mol. The van der Waals surface area contributed by atoms with Crippen LogP contribution >= 0.6 is 0 Å². The first-order chi connectivity index (χ1) is 14.7. The lowest BCUT2D eigenvalue weighted by Gasteiger charge is -2.13. The van der Waals surface area contributed by atoms with E-state index in [9.17, 15) is 9.59 Å². The van der Waals surface area contributed by atoms with E-state index >= 15 is 0 Å². The summed E-state index contributed by atoms with van der Waals surface area (Å²) in [6.07, 6.45) is 0. The molecule has 0 fully saturated rings. The van der Waals surface area contributed by atoms with Gasteiger partial charge in [0.25, 0.3) is 11.8 Å². The molecule has 0 atom stereocenters. The molecule has 0 aliphatic rings. The minimum atomic E-state index is -0.284. The Morgan fingerprint density at radius 3 is 1.77 bits per heavy atom. The van der Waals surface area contributed by atoms with E-state index in [4.69, 9.17) is 0 Å². The summed E-state index contributed by atoms with van der Waals surface area (Å²) in [5.74, 6) is -0.553. The molecule has 4 aromatic carbocycles. The SMILES string of the molecule is O=C(Nc1ccccc1)c1ccccc1NC(=O)c1ccccc1-c1ccccc1. The van der Waals surface area contributed by atoms with Gasteiger partial charge in [0.2, 0.25) is 0 Å². The van der Waals surface area contributed by atoms with E-state index in [0.29, 0.717) is 22.5 Å². The molecule has 4 heteroatoms. The highest BCUT2D eigenvalue weighted by molar-refractivity contribution is 6.14. The number of anilines is 2. The molecule has 0 aliphatic heterocycles. The summed E-state index contributed by atoms with van der Waals surface area (Å²) in [4.78, 5) is 25.9. The zero-order valence-electron chi connectivity index (χ0n) is 16.2. The normalized spacial score (nSPS) is 10.3. The van der Waals surface area contributed by atoms with E-state index in [2.05, 4.69) is 10.6 Å². The van der Waals surface area contributed by atoms with Crippen molar-refractivity contribution in [3.05, 3.63) is 120 Å². The Hall–Kier alpha value is -4.18. The lowest BCUT2D eigenvalue weighted by molar-refractivity contribution is 0.102. The molecule has 0 radical (unpaired) electrons. The number of carbonyl (C=O) groups excluding carboxylic acids is 2. The van der Waals surface area contributed by atoms with Crippen LogP contribution in [0.3, 0.4) is 0 Å². The van der Waals surface area contributed by atoms with Gasteiger partial charge in [-0.15, -0.1) is 0 Å². The van der Waals surface area contributed by atoms with Crippen LogP contribution < -0.4 is 10.6 Å². The second kappa shape index (κ2) is 8.88. The Bertz CT molecular complexity index is 1170. The maximum absolute atomic E-state index is 13.1. The van der Waals surface area contributed by atoms with E-state index in [1.807, 2.05) is 78.9 Å². The first-order valence-corrected chi connectivity index (χ1v) is 9.63. The quantitative estimate of drug-likeness (QED) is 0.447. The number of nitrogens with one attached hydrogen (secondary N) is 2. The Labute approximate surface area is 175 Å². The van der Waals surface area contributed by atoms with Crippen molar-refractivity contribution in [2.75, 3.05) is 10.6 Å². The van der Waals surface area contributed by atoms with Crippen LogP contribution in [0.1, 0.15) is 20.7 Å². The van der Waals surface area contributed by atoms with E-state index in [1.54, 1.807) is 30.3 Å². The van der Waals surface area contributed by atoms with Crippen LogP contribution in [0.4, 0.5) is 11.4 Å². The van der Waals surface area contributed by atoms with Gasteiger partial charge >= 0.3 is 0 Å². The summed E-state index contributed by atoms with van der Waals surface area (Å²) in [5.41, 5.74) is 3.88. The molecule has 0 bridgehead atoms. The third kappa shape index (κ3) is 4.28. The largest absolute Gasteiger partial charge is 0.322 e. The highest BCUT2D eigenvalue weighted by atomic mass is 16.2. The summed E-state index contributed by atoms with van der Waals surface area (Å²) < 4.78 is 0. The number of hydrogen-bond acceptors (Lipinski definition) is 2. The number of amides is 2. The minimum absolute atomic E-state index is 0.269. The average Bonchev–Trinajstić information content (AvgIpc) is 2.80. The minimum Gasteiger partial charge on any atom is -0.322 e. The van der Waals surface area contributed by atoms with Gasteiger partial charge < -0.3 is 10.6 Å². The molecular formula is C26H20N2O2. The van der Waals surface area contributed by atoms with Gasteiger partial charge in [0.15, 0.2) is 0 Å². The van der Waals surface area contributed by atoms with Crippen molar-refractivity contribution >= 4 is 23.2 Å². The Kier molecular flexibility index (Phi) is 5.67. The van der Waals surface area contributed by atoms with Crippen molar-refractivity contribution in [3.63, 3.8) is 0 Å². The van der Waals surface area contributed by atoms with Crippen LogP contribution in [-0.4, -0.2) is 11.8 Å². The van der Waals surface area contributed by atoms with Crippen LogP contribution in [0.2, 0.25) is 0 Å². The fourth-order valence-electron chi connectivity index (χ4n) is 3.25. The average molecular weight is 392 g/mol. The second-order valence-corrected chi connectivity index (χ2v) is 6.73. The topological polar surface area (TPSA) is 58.2 Å². The highest BCUT2D eigenvalue weighted by Crippen LogP contribution is 2.25. The van der Waals surface area contributed by atoms with Gasteiger partial charge in [0.1, 0.15) is 0 Å². The van der Waals surface area contributed by atoms with Gasteiger partial charge in [-0.2, -0.15) is 0 Å². The summed E-state index contributed by atoms with van der Waals surface area (Å²) >= 11 is 0. The van der Waals surface area contributed by atoms with Crippen molar-refractivity contribution in [2.45, 2.75) is 0 Å². The fourth-order valence-corrected chi connectivity index (χ4v) is 3.25. The Morgan fingerprint density at radius 1 is 0.500 bits per heavy atom. The summed E-state index contributed by atoms with van der Waals surface area (Å²) in [6, 6.07) is 33.4. The van der Waals surface area contributed by atoms with Crippen molar-refractivity contribution in [1.82, 2.24) is 0 Å². The Balaban J connectivity index is 1.61. The van der Waals surface area contributed by atoms with Crippen LogP contribution in [0, 0.1) is 0 Å². The van der Waals surface area contributed by atoms with Crippen LogP contribution in [0.5, 0.6) is 0 Å². The molecule has 0 spiro atoms. The number of para-hydroxylation sites is 2. The molecule has 146 valence electrons. The lowest BCUT2D eigenvalue weighted by atomic mass is 9.99. The van der Waals surface area contributed by atoms with E-state index < -0.39 is 0 Å². The summed E-state index contributed by atoms with van der Waals surface area (Å²) in [6.45, 7) is 0. The first-order valence-electron chi connectivity index (χ1n) is 9.63. The maximum Gasteiger partial charge on any atom is 0.257 e. The van der Waals surface area contributed by atoms with Gasteiger partial charge in [0, 0.05) is 11.3 Å². The number of hydrogen-bond donors (Lipinski definition) is 2. The number of carbonyl (C=O) groups is 2. The molecule has 0 unspecified atom stereocenters. The van der Waals surface area contributed by atoms with Gasteiger partial charge in [0.05, 0.1) is 11.3 Å². The monoisotopic (exact) mass is 392 g/mol. The molecule has 0 aromatic heterocycles. The zero-order chi connectivity index (χ0) is 20.8. The van der Waals surface area contributed by atoms with E-state index in [-0.39, 0.29) is 11.8 Å². The van der Waals surface area contributed by atoms with Gasteiger partial charge in [-0.1, -0.05) is 78.9 Å². The summed E-state index contributed by atoms with van der Waals surface area (Å²) in [5, 5.41) is 5.76. The molecule has 2 N–H and O–H groups in total. The molecule has 4 aromatic rings. The second-order valence-electron chi connectivity index (χ2n) is 6.73. The molecule has 0 saturated carbocycles. The molecule has 0 saturated heterocycles. The molecule has 0 heterocycles. The van der Waals surface area contributed by atoms with E-state index in [1.165, 1.54) is 0 Å². The maximum atomic E-state index is 13.1. The smallest absolute Gasteiger partial charge is 0.257 e. The van der Waals surface area contributed by atoms with Gasteiger partial charge in [-0.25, -0.2) is 0 Å². The molecule has 30 heavy (non-hydrogen) atoms. The Morgan fingerprint density at radius 2 is 1.03 bits per heavy atom.